The quantitative estimate of drug-likeness (QED) is 0.743. The number of carbonyl (C=O) groups is 2. The van der Waals surface area contributed by atoms with E-state index in [0.29, 0.717) is 40.9 Å². The lowest BCUT2D eigenvalue weighted by molar-refractivity contribution is -0.124. The first-order chi connectivity index (χ1) is 13.1. The zero-order valence-electron chi connectivity index (χ0n) is 14.7. The summed E-state index contributed by atoms with van der Waals surface area (Å²) in [4.78, 5) is 30.1. The molecule has 7 heteroatoms. The molecule has 1 amide bonds. The van der Waals surface area contributed by atoms with Crippen molar-refractivity contribution < 1.29 is 14.3 Å². The molecule has 1 fully saturated rings. The Balaban J connectivity index is 1.76. The first kappa shape index (κ1) is 18.7. The van der Waals surface area contributed by atoms with Crippen molar-refractivity contribution in [3.63, 3.8) is 0 Å². The van der Waals surface area contributed by atoms with Crippen LogP contribution in [0.15, 0.2) is 53.5 Å². The fourth-order valence-corrected chi connectivity index (χ4v) is 3.40. The summed E-state index contributed by atoms with van der Waals surface area (Å²) in [6, 6.07) is 16.0. The number of thioether (sulfide) groups is 1. The van der Waals surface area contributed by atoms with Crippen molar-refractivity contribution in [3.05, 3.63) is 65.2 Å². The molecule has 0 aliphatic carbocycles. The van der Waals surface area contributed by atoms with E-state index in [1.807, 2.05) is 12.1 Å². The van der Waals surface area contributed by atoms with Crippen molar-refractivity contribution >= 4 is 34.5 Å². The van der Waals surface area contributed by atoms with Gasteiger partial charge in [-0.25, -0.2) is 9.79 Å². The lowest BCUT2D eigenvalue weighted by Crippen LogP contribution is -2.28. The number of ether oxygens (including phenoxy) is 1. The second-order valence-corrected chi connectivity index (χ2v) is 6.68. The molecule has 0 N–H and O–H groups in total. The zero-order valence-corrected chi connectivity index (χ0v) is 15.5. The largest absolute Gasteiger partial charge is 0.462 e. The fraction of sp³-hybridized carbons (Fsp3) is 0.200. The van der Waals surface area contributed by atoms with Crippen LogP contribution in [-0.4, -0.2) is 34.3 Å². The predicted octanol–water partition coefficient (Wildman–Crippen LogP) is 3.50. The molecule has 1 saturated heterocycles. The van der Waals surface area contributed by atoms with E-state index in [-0.39, 0.29) is 11.9 Å². The Kier molecular flexibility index (Phi) is 5.89. The van der Waals surface area contributed by atoms with Crippen LogP contribution in [0.3, 0.4) is 0 Å². The molecule has 0 unspecified atom stereocenters. The number of rotatable bonds is 5. The van der Waals surface area contributed by atoms with Gasteiger partial charge in [0.05, 0.1) is 41.8 Å². The Labute approximate surface area is 161 Å². The molecule has 6 nitrogen and oxygen atoms in total. The molecular formula is C20H17N3O3S. The van der Waals surface area contributed by atoms with Gasteiger partial charge in [-0.15, -0.1) is 0 Å². The minimum absolute atomic E-state index is 0.00810. The van der Waals surface area contributed by atoms with Crippen LogP contribution in [0.25, 0.3) is 0 Å². The molecule has 0 aromatic heterocycles. The summed E-state index contributed by atoms with van der Waals surface area (Å²) >= 11 is 1.38. The molecule has 0 radical (unpaired) electrons. The molecule has 1 aliphatic rings. The molecular weight excluding hydrogens is 362 g/mol. The van der Waals surface area contributed by atoms with E-state index in [2.05, 4.69) is 11.1 Å². The summed E-state index contributed by atoms with van der Waals surface area (Å²) in [6.07, 6.45) is 0. The van der Waals surface area contributed by atoms with E-state index in [9.17, 15) is 9.59 Å². The summed E-state index contributed by atoms with van der Waals surface area (Å²) in [6.45, 7) is 2.48. The number of nitrogens with zero attached hydrogens (tertiary/aromatic N) is 3. The fourth-order valence-electron chi connectivity index (χ4n) is 2.50. The van der Waals surface area contributed by atoms with Gasteiger partial charge in [-0.05, 0) is 48.9 Å². The molecule has 0 atom stereocenters. The Morgan fingerprint density at radius 2 is 1.93 bits per heavy atom. The smallest absolute Gasteiger partial charge is 0.338 e. The van der Waals surface area contributed by atoms with Gasteiger partial charge in [0.1, 0.15) is 0 Å². The van der Waals surface area contributed by atoms with Gasteiger partial charge in [0.15, 0.2) is 5.17 Å². The average molecular weight is 379 g/mol. The third-order valence-electron chi connectivity index (χ3n) is 3.88. The van der Waals surface area contributed by atoms with Crippen molar-refractivity contribution in [2.45, 2.75) is 13.5 Å². The van der Waals surface area contributed by atoms with Gasteiger partial charge in [-0.1, -0.05) is 23.9 Å². The van der Waals surface area contributed by atoms with Crippen molar-refractivity contribution in [3.8, 4) is 6.07 Å². The highest BCUT2D eigenvalue weighted by Crippen LogP contribution is 2.25. The van der Waals surface area contributed by atoms with Gasteiger partial charge in [-0.2, -0.15) is 5.26 Å². The maximum atomic E-state index is 12.2. The van der Waals surface area contributed by atoms with Crippen LogP contribution in [-0.2, 0) is 16.1 Å². The van der Waals surface area contributed by atoms with Crippen LogP contribution in [0.4, 0.5) is 5.69 Å². The highest BCUT2D eigenvalue weighted by atomic mass is 32.2. The zero-order chi connectivity index (χ0) is 19.2. The summed E-state index contributed by atoms with van der Waals surface area (Å²) < 4.78 is 4.96. The van der Waals surface area contributed by atoms with E-state index in [1.54, 1.807) is 48.2 Å². The van der Waals surface area contributed by atoms with Crippen molar-refractivity contribution in [1.29, 1.82) is 5.26 Å². The number of amides is 1. The SMILES string of the molecule is CCOC(=O)c1ccc(N=C2SCC(=O)N2Cc2ccc(C#N)cc2)cc1. The number of hydrogen-bond acceptors (Lipinski definition) is 6. The van der Waals surface area contributed by atoms with E-state index in [4.69, 9.17) is 10.00 Å². The van der Waals surface area contributed by atoms with E-state index in [1.165, 1.54) is 11.8 Å². The summed E-state index contributed by atoms with van der Waals surface area (Å²) in [5.74, 6) is -0.0356. The molecule has 2 aromatic rings. The van der Waals surface area contributed by atoms with Crippen LogP contribution in [0.2, 0.25) is 0 Å². The van der Waals surface area contributed by atoms with Crippen LogP contribution >= 0.6 is 11.8 Å². The van der Waals surface area contributed by atoms with E-state index in [0.717, 1.165) is 5.56 Å². The first-order valence-electron chi connectivity index (χ1n) is 8.39. The summed E-state index contributed by atoms with van der Waals surface area (Å²) in [5, 5.41) is 9.50. The third-order valence-corrected chi connectivity index (χ3v) is 4.84. The van der Waals surface area contributed by atoms with Crippen molar-refractivity contribution in [2.75, 3.05) is 12.4 Å². The molecule has 0 spiro atoms. The van der Waals surface area contributed by atoms with Crippen LogP contribution in [0.5, 0.6) is 0 Å². The van der Waals surface area contributed by atoms with Gasteiger partial charge in [-0.3, -0.25) is 9.69 Å². The summed E-state index contributed by atoms with van der Waals surface area (Å²) in [7, 11) is 0. The van der Waals surface area contributed by atoms with E-state index < -0.39 is 0 Å². The number of amidine groups is 1. The van der Waals surface area contributed by atoms with Crippen LogP contribution < -0.4 is 0 Å². The topological polar surface area (TPSA) is 82.8 Å². The Hall–Kier alpha value is -3.11. The minimum atomic E-state index is -0.371. The lowest BCUT2D eigenvalue weighted by atomic mass is 10.1. The van der Waals surface area contributed by atoms with Crippen LogP contribution in [0, 0.1) is 11.3 Å². The maximum Gasteiger partial charge on any atom is 0.338 e. The molecule has 27 heavy (non-hydrogen) atoms. The molecule has 0 saturated carbocycles. The Morgan fingerprint density at radius 3 is 2.56 bits per heavy atom. The monoisotopic (exact) mass is 379 g/mol. The van der Waals surface area contributed by atoms with Gasteiger partial charge in [0.25, 0.3) is 0 Å². The molecule has 1 heterocycles. The van der Waals surface area contributed by atoms with Crippen molar-refractivity contribution in [2.24, 2.45) is 4.99 Å². The van der Waals surface area contributed by atoms with Gasteiger partial charge in [0, 0.05) is 0 Å². The average Bonchev–Trinajstić information content (AvgIpc) is 3.03. The number of esters is 1. The lowest BCUT2D eigenvalue weighted by Gasteiger charge is -2.16. The number of nitriles is 1. The summed E-state index contributed by atoms with van der Waals surface area (Å²) in [5.41, 5.74) is 2.63. The number of aliphatic imine (C=N–C) groups is 1. The molecule has 3 rings (SSSR count). The van der Waals surface area contributed by atoms with E-state index >= 15 is 0 Å². The molecule has 136 valence electrons. The highest BCUT2D eigenvalue weighted by Gasteiger charge is 2.28. The maximum absolute atomic E-state index is 12.2. The van der Waals surface area contributed by atoms with Crippen molar-refractivity contribution in [1.82, 2.24) is 4.90 Å². The van der Waals surface area contributed by atoms with Gasteiger partial charge >= 0.3 is 5.97 Å². The first-order valence-corrected chi connectivity index (χ1v) is 9.37. The third kappa shape index (κ3) is 4.54. The molecule has 0 bridgehead atoms. The predicted molar refractivity (Wildman–Crippen MR) is 104 cm³/mol. The number of hydrogen-bond donors (Lipinski definition) is 0. The van der Waals surface area contributed by atoms with Gasteiger partial charge in [0.2, 0.25) is 5.91 Å². The Morgan fingerprint density at radius 1 is 1.22 bits per heavy atom. The Bertz CT molecular complexity index is 915. The second kappa shape index (κ2) is 8.52. The number of benzene rings is 2. The second-order valence-electron chi connectivity index (χ2n) is 5.74. The molecule has 2 aromatic carbocycles. The van der Waals surface area contributed by atoms with Crippen LogP contribution in [0.1, 0.15) is 28.4 Å². The normalized spacial score (nSPS) is 15.0. The van der Waals surface area contributed by atoms with Gasteiger partial charge < -0.3 is 4.74 Å². The standard InChI is InChI=1S/C20H17N3O3S/c1-2-26-19(25)16-7-9-17(10-8-16)22-20-23(18(24)13-27-20)12-15-5-3-14(11-21)4-6-15/h3-10H,2,12-13H2,1H3. The highest BCUT2D eigenvalue weighted by molar-refractivity contribution is 8.15. The molecule has 1 aliphatic heterocycles. The number of carbonyl (C=O) groups excluding carboxylic acids is 2. The minimum Gasteiger partial charge on any atom is -0.462 e.